The molecule has 0 fully saturated rings. The maximum atomic E-state index is 14.4. The molecule has 8 nitrogen and oxygen atoms in total. The number of allylic oxidation sites excluding steroid dienone is 5. The molecule has 2 N–H and O–H groups in total. The van der Waals surface area contributed by atoms with Crippen LogP contribution in [0.1, 0.15) is 36.3 Å². The van der Waals surface area contributed by atoms with Gasteiger partial charge in [-0.1, -0.05) is 31.7 Å². The van der Waals surface area contributed by atoms with Gasteiger partial charge in [-0.3, -0.25) is 9.48 Å². The lowest BCUT2D eigenvalue weighted by atomic mass is 10.1. The Morgan fingerprint density at radius 3 is 2.65 bits per heavy atom. The highest BCUT2D eigenvalue weighted by Crippen LogP contribution is 2.30. The number of ether oxygens (including phenoxy) is 1. The molecule has 0 radical (unpaired) electrons. The minimum absolute atomic E-state index is 0.00515. The van der Waals surface area contributed by atoms with Gasteiger partial charge in [-0.25, -0.2) is 4.39 Å². The quantitative estimate of drug-likeness (QED) is 0.215. The lowest BCUT2D eigenvalue weighted by molar-refractivity contribution is -0.0881. The van der Waals surface area contributed by atoms with Gasteiger partial charge >= 0.3 is 6.18 Å². The Balaban J connectivity index is 1.91. The second kappa shape index (κ2) is 11.2. The number of aromatic nitrogens is 4. The third-order valence-corrected chi connectivity index (χ3v) is 5.66. The van der Waals surface area contributed by atoms with Gasteiger partial charge < -0.3 is 15.0 Å². The molecule has 1 atom stereocenters. The van der Waals surface area contributed by atoms with Crippen LogP contribution in [0.4, 0.5) is 17.6 Å². The lowest BCUT2D eigenvalue weighted by Crippen LogP contribution is -2.11. The van der Waals surface area contributed by atoms with E-state index in [0.717, 1.165) is 18.2 Å². The first-order valence-corrected chi connectivity index (χ1v) is 11.1. The zero-order valence-electron chi connectivity index (χ0n) is 20.3. The number of carbonyl (C=O) groups is 1. The first-order chi connectivity index (χ1) is 17.5. The highest BCUT2D eigenvalue weighted by molar-refractivity contribution is 5.93. The summed E-state index contributed by atoms with van der Waals surface area (Å²) in [5, 5.41) is 7.97. The molecule has 37 heavy (non-hydrogen) atoms. The number of rotatable bonds is 10. The van der Waals surface area contributed by atoms with Gasteiger partial charge in [0.1, 0.15) is 12.4 Å². The van der Waals surface area contributed by atoms with Crippen LogP contribution in [0.2, 0.25) is 0 Å². The van der Waals surface area contributed by atoms with Crippen molar-refractivity contribution in [3.8, 4) is 22.8 Å². The average molecular weight is 519 g/mol. The van der Waals surface area contributed by atoms with E-state index in [4.69, 9.17) is 15.0 Å². The van der Waals surface area contributed by atoms with Crippen molar-refractivity contribution in [2.45, 2.75) is 33.1 Å². The van der Waals surface area contributed by atoms with E-state index in [-0.39, 0.29) is 35.4 Å². The van der Waals surface area contributed by atoms with Crippen molar-refractivity contribution in [2.24, 2.45) is 18.7 Å². The van der Waals surface area contributed by atoms with Crippen molar-refractivity contribution < 1.29 is 31.6 Å². The molecule has 3 aromatic rings. The molecule has 12 heteroatoms. The number of halogens is 4. The third-order valence-electron chi connectivity index (χ3n) is 5.66. The molecule has 2 heterocycles. The van der Waals surface area contributed by atoms with Gasteiger partial charge in [0.15, 0.2) is 0 Å². The van der Waals surface area contributed by atoms with Crippen LogP contribution in [-0.2, 0) is 18.4 Å². The Morgan fingerprint density at radius 1 is 1.30 bits per heavy atom. The first kappa shape index (κ1) is 27.4. The zero-order valence-corrected chi connectivity index (χ0v) is 20.3. The van der Waals surface area contributed by atoms with Gasteiger partial charge in [0, 0.05) is 18.5 Å². The van der Waals surface area contributed by atoms with Crippen molar-refractivity contribution >= 4 is 5.91 Å². The molecule has 1 unspecified atom stereocenters. The van der Waals surface area contributed by atoms with Gasteiger partial charge in [-0.2, -0.15) is 23.3 Å². The highest BCUT2D eigenvalue weighted by Gasteiger charge is 2.31. The van der Waals surface area contributed by atoms with Crippen molar-refractivity contribution in [1.82, 2.24) is 19.9 Å². The lowest BCUT2D eigenvalue weighted by Gasteiger charge is -2.16. The SMILES string of the molecule is C=C/C(=C\C=C(\OCc1c(-c2nc(-c3cc(C(N)=O)ccc3F)no2)cnn1C)C(C)CC)C(F)(F)F. The molecule has 0 aliphatic carbocycles. The van der Waals surface area contributed by atoms with Crippen molar-refractivity contribution in [2.75, 3.05) is 0 Å². The van der Waals surface area contributed by atoms with Gasteiger partial charge in [0.25, 0.3) is 5.89 Å². The molecule has 3 rings (SSSR count). The van der Waals surface area contributed by atoms with Crippen molar-refractivity contribution in [3.63, 3.8) is 0 Å². The van der Waals surface area contributed by atoms with Crippen LogP contribution in [0.15, 0.2) is 65.1 Å². The van der Waals surface area contributed by atoms with Crippen LogP contribution in [0.25, 0.3) is 22.8 Å². The Kier molecular flexibility index (Phi) is 8.31. The zero-order chi connectivity index (χ0) is 27.3. The molecule has 0 saturated heterocycles. The summed E-state index contributed by atoms with van der Waals surface area (Å²) in [4.78, 5) is 15.7. The topological polar surface area (TPSA) is 109 Å². The second-order valence-corrected chi connectivity index (χ2v) is 8.10. The van der Waals surface area contributed by atoms with Crippen LogP contribution < -0.4 is 5.73 Å². The number of benzene rings is 1. The first-order valence-electron chi connectivity index (χ1n) is 11.1. The number of alkyl halides is 3. The highest BCUT2D eigenvalue weighted by atomic mass is 19.4. The molecular weight excluding hydrogens is 494 g/mol. The number of nitrogens with two attached hydrogens (primary N) is 1. The van der Waals surface area contributed by atoms with E-state index in [2.05, 4.69) is 21.8 Å². The fourth-order valence-corrected chi connectivity index (χ4v) is 3.26. The monoisotopic (exact) mass is 519 g/mol. The smallest absolute Gasteiger partial charge is 0.416 e. The summed E-state index contributed by atoms with van der Waals surface area (Å²) in [6, 6.07) is 3.53. The van der Waals surface area contributed by atoms with E-state index >= 15 is 0 Å². The van der Waals surface area contributed by atoms with Crippen LogP contribution in [0, 0.1) is 11.7 Å². The third kappa shape index (κ3) is 6.32. The van der Waals surface area contributed by atoms with Crippen LogP contribution in [0.5, 0.6) is 0 Å². The Labute approximate surface area is 210 Å². The number of carbonyl (C=O) groups excluding carboxylic acids is 1. The van der Waals surface area contributed by atoms with E-state index < -0.39 is 23.5 Å². The molecule has 0 spiro atoms. The number of amides is 1. The predicted molar refractivity (Wildman–Crippen MR) is 127 cm³/mol. The van der Waals surface area contributed by atoms with Crippen molar-refractivity contribution in [1.29, 1.82) is 0 Å². The summed E-state index contributed by atoms with van der Waals surface area (Å²) in [5.74, 6) is -1.38. The molecule has 1 amide bonds. The molecule has 0 aliphatic rings. The number of hydrogen-bond acceptors (Lipinski definition) is 6. The predicted octanol–water partition coefficient (Wildman–Crippen LogP) is 5.50. The summed E-state index contributed by atoms with van der Waals surface area (Å²) in [7, 11) is 1.64. The molecule has 2 aromatic heterocycles. The normalized spacial score (nSPS) is 13.5. The maximum absolute atomic E-state index is 14.4. The summed E-state index contributed by atoms with van der Waals surface area (Å²) < 4.78 is 66.3. The number of primary amides is 1. The van der Waals surface area contributed by atoms with Gasteiger partial charge in [-0.15, -0.1) is 0 Å². The number of hydrogen-bond donors (Lipinski definition) is 1. The summed E-state index contributed by atoms with van der Waals surface area (Å²) in [6.07, 6.45) is 0.444. The van der Waals surface area contributed by atoms with Gasteiger partial charge in [0.2, 0.25) is 11.7 Å². The van der Waals surface area contributed by atoms with Gasteiger partial charge in [0.05, 0.1) is 34.3 Å². The molecule has 196 valence electrons. The minimum Gasteiger partial charge on any atom is -0.491 e. The number of nitrogens with zero attached hydrogens (tertiary/aromatic N) is 4. The summed E-state index contributed by atoms with van der Waals surface area (Å²) in [6.45, 7) is 6.85. The summed E-state index contributed by atoms with van der Waals surface area (Å²) in [5.41, 5.74) is 5.23. The Morgan fingerprint density at radius 2 is 2.03 bits per heavy atom. The number of aryl methyl sites for hydroxylation is 1. The van der Waals surface area contributed by atoms with E-state index in [1.54, 1.807) is 7.05 Å². The standard InChI is InChI=1S/C25H25F4N5O3/c1-5-14(3)21(10-8-16(6-2)25(27,28)29)36-13-20-18(12-31-34(20)4)24-32-23(33-37-24)17-11-15(22(30)35)7-9-19(17)26/h6-12,14H,2,5,13H2,1,3-4H3,(H2,30,35)/b16-8+,21-10+. The fraction of sp³-hybridized carbons (Fsp3) is 0.280. The Bertz CT molecular complexity index is 1350. The van der Waals surface area contributed by atoms with Gasteiger partial charge in [-0.05, 0) is 36.8 Å². The van der Waals surface area contributed by atoms with Crippen LogP contribution in [-0.4, -0.2) is 32.0 Å². The van der Waals surface area contributed by atoms with E-state index in [1.807, 2.05) is 13.8 Å². The largest absolute Gasteiger partial charge is 0.491 e. The minimum atomic E-state index is -4.54. The molecule has 0 bridgehead atoms. The Hall–Kier alpha value is -4.22. The maximum Gasteiger partial charge on any atom is 0.416 e. The van der Waals surface area contributed by atoms with Crippen molar-refractivity contribution in [3.05, 3.63) is 77.6 Å². The van der Waals surface area contributed by atoms with E-state index in [1.165, 1.54) is 29.1 Å². The fourth-order valence-electron chi connectivity index (χ4n) is 3.26. The molecule has 0 saturated carbocycles. The summed E-state index contributed by atoms with van der Waals surface area (Å²) >= 11 is 0. The molecular formula is C25H25F4N5O3. The van der Waals surface area contributed by atoms with E-state index in [9.17, 15) is 22.4 Å². The molecule has 0 aliphatic heterocycles. The van der Waals surface area contributed by atoms with Crippen LogP contribution in [0.3, 0.4) is 0 Å². The average Bonchev–Trinajstić information content (AvgIpc) is 3.47. The molecule has 1 aromatic carbocycles. The second-order valence-electron chi connectivity index (χ2n) is 8.10. The van der Waals surface area contributed by atoms with E-state index in [0.29, 0.717) is 23.4 Å². The van der Waals surface area contributed by atoms with Crippen LogP contribution >= 0.6 is 0 Å².